The van der Waals surface area contributed by atoms with Crippen molar-refractivity contribution in [2.75, 3.05) is 11.4 Å². The smallest absolute Gasteiger partial charge is 0.262 e. The van der Waals surface area contributed by atoms with Crippen LogP contribution in [0.5, 0.6) is 11.5 Å². The van der Waals surface area contributed by atoms with Crippen molar-refractivity contribution in [3.8, 4) is 11.5 Å². The van der Waals surface area contributed by atoms with Crippen LogP contribution in [0.3, 0.4) is 0 Å². The topological polar surface area (TPSA) is 60.8 Å². The van der Waals surface area contributed by atoms with Crippen LogP contribution in [0, 0.1) is 6.92 Å². The molecule has 0 bridgehead atoms. The van der Waals surface area contributed by atoms with E-state index in [1.807, 2.05) is 19.1 Å². The van der Waals surface area contributed by atoms with Gasteiger partial charge in [0, 0.05) is 12.2 Å². The second-order valence-electron chi connectivity index (χ2n) is 5.39. The Labute approximate surface area is 123 Å². The number of benzene rings is 2. The molecule has 3 rings (SSSR count). The molecule has 0 atom stereocenters. The quantitative estimate of drug-likeness (QED) is 0.791. The molecule has 1 heterocycles. The molecule has 108 valence electrons. The number of rotatable bonds is 1. The van der Waals surface area contributed by atoms with E-state index in [-0.39, 0.29) is 23.0 Å². The molecule has 0 aromatic heterocycles. The third kappa shape index (κ3) is 2.44. The lowest BCUT2D eigenvalue weighted by Crippen LogP contribution is -2.35. The molecule has 4 heteroatoms. The highest BCUT2D eigenvalue weighted by atomic mass is 16.3. The van der Waals surface area contributed by atoms with Gasteiger partial charge in [0.25, 0.3) is 5.91 Å². The van der Waals surface area contributed by atoms with Gasteiger partial charge in [-0.2, -0.15) is 0 Å². The van der Waals surface area contributed by atoms with Gasteiger partial charge in [0.05, 0.1) is 5.56 Å². The molecular weight excluding hydrogens is 266 g/mol. The van der Waals surface area contributed by atoms with Crippen molar-refractivity contribution < 1.29 is 15.0 Å². The number of hydrogen-bond donors (Lipinski definition) is 2. The van der Waals surface area contributed by atoms with Crippen LogP contribution in [0.25, 0.3) is 0 Å². The largest absolute Gasteiger partial charge is 0.508 e. The summed E-state index contributed by atoms with van der Waals surface area (Å²) >= 11 is 0. The number of amides is 1. The summed E-state index contributed by atoms with van der Waals surface area (Å²) in [5.41, 5.74) is 3.33. The highest BCUT2D eigenvalue weighted by Crippen LogP contribution is 2.31. The number of hydrogen-bond acceptors (Lipinski definition) is 3. The average Bonchev–Trinajstić information content (AvgIpc) is 2.48. The summed E-state index contributed by atoms with van der Waals surface area (Å²) in [6.45, 7) is 2.64. The summed E-state index contributed by atoms with van der Waals surface area (Å²) in [5, 5.41) is 19.4. The zero-order valence-electron chi connectivity index (χ0n) is 11.8. The number of aromatic hydroxyl groups is 2. The van der Waals surface area contributed by atoms with Gasteiger partial charge in [-0.3, -0.25) is 4.79 Å². The second-order valence-corrected chi connectivity index (χ2v) is 5.39. The van der Waals surface area contributed by atoms with Crippen molar-refractivity contribution >= 4 is 11.6 Å². The van der Waals surface area contributed by atoms with E-state index in [0.717, 1.165) is 24.1 Å². The number of nitrogens with zero attached hydrogens (tertiary/aromatic N) is 1. The van der Waals surface area contributed by atoms with E-state index in [1.165, 1.54) is 23.8 Å². The van der Waals surface area contributed by atoms with Crippen LogP contribution in [0.15, 0.2) is 36.4 Å². The van der Waals surface area contributed by atoms with Gasteiger partial charge in [0.15, 0.2) is 0 Å². The number of aryl methyl sites for hydroxylation is 2. The Morgan fingerprint density at radius 3 is 2.76 bits per heavy atom. The fourth-order valence-corrected chi connectivity index (χ4v) is 2.78. The van der Waals surface area contributed by atoms with Gasteiger partial charge in [0.1, 0.15) is 11.5 Å². The average molecular weight is 283 g/mol. The van der Waals surface area contributed by atoms with Gasteiger partial charge in [-0.15, -0.1) is 0 Å². The number of fused-ring (bicyclic) bond motifs is 1. The molecule has 2 aromatic rings. The monoisotopic (exact) mass is 283 g/mol. The molecule has 0 unspecified atom stereocenters. The Balaban J connectivity index is 2.02. The summed E-state index contributed by atoms with van der Waals surface area (Å²) in [5.74, 6) is -0.428. The number of anilines is 1. The zero-order valence-corrected chi connectivity index (χ0v) is 11.8. The molecule has 0 radical (unpaired) electrons. The summed E-state index contributed by atoms with van der Waals surface area (Å²) in [4.78, 5) is 14.3. The Kier molecular flexibility index (Phi) is 3.29. The standard InChI is InChI=1S/C17H17NO3/c1-11-4-6-15-12(9-11)3-2-8-18(15)17(21)14-10-13(19)5-7-16(14)20/h4-7,9-10,19-20H,2-3,8H2,1H3. The summed E-state index contributed by atoms with van der Waals surface area (Å²) in [7, 11) is 0. The molecule has 1 aliphatic heterocycles. The molecule has 1 amide bonds. The minimum absolute atomic E-state index is 0.0303. The number of phenolic OH excluding ortho intramolecular Hbond substituents is 2. The molecule has 0 aliphatic carbocycles. The van der Waals surface area contributed by atoms with E-state index >= 15 is 0 Å². The van der Waals surface area contributed by atoms with Crippen molar-refractivity contribution in [1.29, 1.82) is 0 Å². The van der Waals surface area contributed by atoms with Crippen LogP contribution >= 0.6 is 0 Å². The normalized spacial score (nSPS) is 13.9. The molecule has 0 saturated heterocycles. The maximum atomic E-state index is 12.7. The highest BCUT2D eigenvalue weighted by molar-refractivity contribution is 6.08. The molecule has 2 N–H and O–H groups in total. The fourth-order valence-electron chi connectivity index (χ4n) is 2.78. The first kappa shape index (κ1) is 13.5. The summed E-state index contributed by atoms with van der Waals surface area (Å²) in [6.07, 6.45) is 1.84. The minimum atomic E-state index is -0.284. The van der Waals surface area contributed by atoms with Crippen LogP contribution in [-0.4, -0.2) is 22.7 Å². The van der Waals surface area contributed by atoms with Crippen molar-refractivity contribution in [1.82, 2.24) is 0 Å². The number of phenols is 2. The van der Waals surface area contributed by atoms with E-state index in [9.17, 15) is 15.0 Å². The molecule has 1 aliphatic rings. The molecule has 21 heavy (non-hydrogen) atoms. The predicted molar refractivity (Wildman–Crippen MR) is 80.9 cm³/mol. The summed E-state index contributed by atoms with van der Waals surface area (Å²) in [6, 6.07) is 10.0. The van der Waals surface area contributed by atoms with Crippen molar-refractivity contribution in [3.63, 3.8) is 0 Å². The van der Waals surface area contributed by atoms with E-state index in [4.69, 9.17) is 0 Å². The SMILES string of the molecule is Cc1ccc2c(c1)CCCN2C(=O)c1cc(O)ccc1O. The maximum absolute atomic E-state index is 12.7. The van der Waals surface area contributed by atoms with Crippen molar-refractivity contribution in [2.24, 2.45) is 0 Å². The first-order chi connectivity index (χ1) is 10.1. The van der Waals surface area contributed by atoms with Gasteiger partial charge in [-0.1, -0.05) is 17.7 Å². The third-order valence-electron chi connectivity index (χ3n) is 3.81. The number of carbonyl (C=O) groups excluding carboxylic acids is 1. The molecular formula is C17H17NO3. The van der Waals surface area contributed by atoms with Crippen molar-refractivity contribution in [3.05, 3.63) is 53.1 Å². The highest BCUT2D eigenvalue weighted by Gasteiger charge is 2.25. The lowest BCUT2D eigenvalue weighted by atomic mass is 9.98. The van der Waals surface area contributed by atoms with Crippen molar-refractivity contribution in [2.45, 2.75) is 19.8 Å². The van der Waals surface area contributed by atoms with Gasteiger partial charge < -0.3 is 15.1 Å². The lowest BCUT2D eigenvalue weighted by molar-refractivity contribution is 0.0982. The first-order valence-electron chi connectivity index (χ1n) is 6.99. The van der Waals surface area contributed by atoms with Crippen LogP contribution in [0.1, 0.15) is 27.9 Å². The van der Waals surface area contributed by atoms with Gasteiger partial charge in [-0.05, 0) is 49.6 Å². The van der Waals surface area contributed by atoms with Crippen LogP contribution < -0.4 is 4.90 Å². The Morgan fingerprint density at radius 2 is 1.95 bits per heavy atom. The minimum Gasteiger partial charge on any atom is -0.508 e. The van der Waals surface area contributed by atoms with Crippen LogP contribution in [-0.2, 0) is 6.42 Å². The Hall–Kier alpha value is -2.49. The molecule has 0 fully saturated rings. The van der Waals surface area contributed by atoms with Crippen LogP contribution in [0.4, 0.5) is 5.69 Å². The zero-order chi connectivity index (χ0) is 15.0. The second kappa shape index (κ2) is 5.13. The predicted octanol–water partition coefficient (Wildman–Crippen LogP) is 3.00. The first-order valence-corrected chi connectivity index (χ1v) is 6.99. The van der Waals surface area contributed by atoms with Crippen LogP contribution in [0.2, 0.25) is 0 Å². The van der Waals surface area contributed by atoms with E-state index < -0.39 is 0 Å². The fraction of sp³-hybridized carbons (Fsp3) is 0.235. The van der Waals surface area contributed by atoms with Gasteiger partial charge in [-0.25, -0.2) is 0 Å². The van der Waals surface area contributed by atoms with E-state index in [2.05, 4.69) is 6.07 Å². The third-order valence-corrected chi connectivity index (χ3v) is 3.81. The van der Waals surface area contributed by atoms with E-state index in [1.54, 1.807) is 4.90 Å². The molecule has 4 nitrogen and oxygen atoms in total. The lowest BCUT2D eigenvalue weighted by Gasteiger charge is -2.30. The molecule has 0 saturated carbocycles. The maximum Gasteiger partial charge on any atom is 0.262 e. The Morgan fingerprint density at radius 1 is 1.14 bits per heavy atom. The van der Waals surface area contributed by atoms with E-state index in [0.29, 0.717) is 6.54 Å². The van der Waals surface area contributed by atoms with Gasteiger partial charge in [0.2, 0.25) is 0 Å². The Bertz CT molecular complexity index is 709. The molecule has 0 spiro atoms. The number of carbonyl (C=O) groups is 1. The van der Waals surface area contributed by atoms with Gasteiger partial charge >= 0.3 is 0 Å². The molecule has 2 aromatic carbocycles. The summed E-state index contributed by atoms with van der Waals surface area (Å²) < 4.78 is 0.